The largest absolute Gasteiger partial charge is 0.352 e. The maximum atomic E-state index is 11.9. The molecule has 130 valence electrons. The molecule has 2 fully saturated rings. The van der Waals surface area contributed by atoms with Gasteiger partial charge in [-0.15, -0.1) is 0 Å². The standard InChI is InChI=1S/C18H22N6O/c25-17-6-3-7-23(17)13-8-21-24(11-13)14-9-22(10-14)18-15-4-1-2-5-16(15)19-12-20-18/h8,11-12,14H,1-7,9-10H2. The van der Waals surface area contributed by atoms with Gasteiger partial charge in [0.2, 0.25) is 5.91 Å². The van der Waals surface area contributed by atoms with Crippen molar-refractivity contribution >= 4 is 17.4 Å². The lowest BCUT2D eigenvalue weighted by atomic mass is 9.95. The molecule has 7 heteroatoms. The molecule has 2 aliphatic heterocycles. The second kappa shape index (κ2) is 5.82. The fourth-order valence-corrected chi connectivity index (χ4v) is 4.16. The van der Waals surface area contributed by atoms with Gasteiger partial charge in [-0.05, 0) is 32.1 Å². The van der Waals surface area contributed by atoms with Crippen molar-refractivity contribution in [2.24, 2.45) is 0 Å². The molecule has 2 aromatic heterocycles. The zero-order chi connectivity index (χ0) is 16.8. The highest BCUT2D eigenvalue weighted by molar-refractivity contribution is 5.95. The lowest BCUT2D eigenvalue weighted by molar-refractivity contribution is -0.117. The molecule has 25 heavy (non-hydrogen) atoms. The number of aromatic nitrogens is 4. The number of carbonyl (C=O) groups excluding carboxylic acids is 1. The monoisotopic (exact) mass is 338 g/mol. The van der Waals surface area contributed by atoms with Crippen LogP contribution < -0.4 is 9.80 Å². The Kier molecular flexibility index (Phi) is 3.46. The van der Waals surface area contributed by atoms with Crippen molar-refractivity contribution in [3.8, 4) is 0 Å². The van der Waals surface area contributed by atoms with E-state index in [-0.39, 0.29) is 5.91 Å². The summed E-state index contributed by atoms with van der Waals surface area (Å²) in [4.78, 5) is 25.1. The van der Waals surface area contributed by atoms with Crippen LogP contribution in [0.5, 0.6) is 0 Å². The summed E-state index contributed by atoms with van der Waals surface area (Å²) in [5, 5.41) is 4.50. The van der Waals surface area contributed by atoms with E-state index in [1.165, 1.54) is 24.1 Å². The average Bonchev–Trinajstić information content (AvgIpc) is 3.23. The van der Waals surface area contributed by atoms with E-state index in [9.17, 15) is 4.79 Å². The van der Waals surface area contributed by atoms with Gasteiger partial charge in [-0.1, -0.05) is 0 Å². The maximum absolute atomic E-state index is 11.9. The number of fused-ring (bicyclic) bond motifs is 1. The molecular formula is C18H22N6O. The van der Waals surface area contributed by atoms with Gasteiger partial charge >= 0.3 is 0 Å². The molecule has 7 nitrogen and oxygen atoms in total. The first-order valence-electron chi connectivity index (χ1n) is 9.22. The SMILES string of the molecule is O=C1CCCN1c1cnn(C2CN(c3ncnc4c3CCCC4)C2)c1. The minimum atomic E-state index is 0.211. The van der Waals surface area contributed by atoms with Crippen molar-refractivity contribution in [3.05, 3.63) is 30.0 Å². The Morgan fingerprint density at radius 2 is 1.92 bits per heavy atom. The predicted octanol–water partition coefficient (Wildman–Crippen LogP) is 1.74. The molecule has 3 aliphatic rings. The first-order chi connectivity index (χ1) is 12.3. The number of hydrogen-bond acceptors (Lipinski definition) is 5. The lowest BCUT2D eigenvalue weighted by Gasteiger charge is -2.41. The molecule has 2 aromatic rings. The molecule has 0 spiro atoms. The highest BCUT2D eigenvalue weighted by atomic mass is 16.2. The lowest BCUT2D eigenvalue weighted by Crippen LogP contribution is -2.49. The van der Waals surface area contributed by atoms with Gasteiger partial charge in [-0.2, -0.15) is 5.10 Å². The van der Waals surface area contributed by atoms with Gasteiger partial charge in [0.05, 0.1) is 17.9 Å². The van der Waals surface area contributed by atoms with Crippen molar-refractivity contribution in [1.29, 1.82) is 0 Å². The fourth-order valence-electron chi connectivity index (χ4n) is 4.16. The summed E-state index contributed by atoms with van der Waals surface area (Å²) in [7, 11) is 0. The second-order valence-electron chi connectivity index (χ2n) is 7.22. The highest BCUT2D eigenvalue weighted by Crippen LogP contribution is 2.33. The van der Waals surface area contributed by atoms with E-state index in [0.29, 0.717) is 12.5 Å². The van der Waals surface area contributed by atoms with Crippen molar-refractivity contribution in [1.82, 2.24) is 19.7 Å². The third-order valence-corrected chi connectivity index (χ3v) is 5.61. The highest BCUT2D eigenvalue weighted by Gasteiger charge is 2.33. The van der Waals surface area contributed by atoms with E-state index < -0.39 is 0 Å². The summed E-state index contributed by atoms with van der Waals surface area (Å²) >= 11 is 0. The van der Waals surface area contributed by atoms with Crippen LogP contribution >= 0.6 is 0 Å². The summed E-state index contributed by atoms with van der Waals surface area (Å²) in [6, 6.07) is 0.348. The molecular weight excluding hydrogens is 316 g/mol. The van der Waals surface area contributed by atoms with Crippen LogP contribution in [0, 0.1) is 0 Å². The van der Waals surface area contributed by atoms with Gasteiger partial charge < -0.3 is 9.80 Å². The normalized spacial score (nSPS) is 20.7. The first kappa shape index (κ1) is 14.9. The summed E-state index contributed by atoms with van der Waals surface area (Å²) in [5.74, 6) is 1.32. The van der Waals surface area contributed by atoms with Gasteiger partial charge in [-0.3, -0.25) is 9.48 Å². The second-order valence-corrected chi connectivity index (χ2v) is 7.22. The number of anilines is 2. The third kappa shape index (κ3) is 2.49. The number of rotatable bonds is 3. The molecule has 0 N–H and O–H groups in total. The van der Waals surface area contributed by atoms with E-state index in [2.05, 4.69) is 20.0 Å². The third-order valence-electron chi connectivity index (χ3n) is 5.61. The van der Waals surface area contributed by atoms with Gasteiger partial charge in [0.25, 0.3) is 0 Å². The van der Waals surface area contributed by atoms with Crippen molar-refractivity contribution in [2.75, 3.05) is 29.4 Å². The van der Waals surface area contributed by atoms with Crippen LogP contribution in [-0.4, -0.2) is 45.3 Å². The minimum absolute atomic E-state index is 0.211. The van der Waals surface area contributed by atoms with E-state index in [0.717, 1.165) is 50.4 Å². The van der Waals surface area contributed by atoms with E-state index in [4.69, 9.17) is 0 Å². The molecule has 5 rings (SSSR count). The fraction of sp³-hybridized carbons (Fsp3) is 0.556. The summed E-state index contributed by atoms with van der Waals surface area (Å²) < 4.78 is 2.01. The first-order valence-corrected chi connectivity index (χ1v) is 9.22. The molecule has 2 saturated heterocycles. The molecule has 1 amide bonds. The van der Waals surface area contributed by atoms with Crippen LogP contribution in [-0.2, 0) is 17.6 Å². The molecule has 0 aromatic carbocycles. The van der Waals surface area contributed by atoms with Crippen LogP contribution in [0.25, 0.3) is 0 Å². The molecule has 0 atom stereocenters. The molecule has 0 bridgehead atoms. The average molecular weight is 338 g/mol. The van der Waals surface area contributed by atoms with Gasteiger partial charge in [0, 0.05) is 43.5 Å². The van der Waals surface area contributed by atoms with Crippen LogP contribution in [0.3, 0.4) is 0 Å². The van der Waals surface area contributed by atoms with Crippen LogP contribution in [0.2, 0.25) is 0 Å². The number of amides is 1. The van der Waals surface area contributed by atoms with E-state index in [1.54, 1.807) is 6.33 Å². The Bertz CT molecular complexity index is 810. The number of nitrogens with zero attached hydrogens (tertiary/aromatic N) is 6. The van der Waals surface area contributed by atoms with Gasteiger partial charge in [-0.25, -0.2) is 9.97 Å². The Labute approximate surface area is 146 Å². The van der Waals surface area contributed by atoms with Crippen molar-refractivity contribution in [3.63, 3.8) is 0 Å². The molecule has 0 unspecified atom stereocenters. The van der Waals surface area contributed by atoms with Crippen LogP contribution in [0.1, 0.15) is 43.0 Å². The van der Waals surface area contributed by atoms with Crippen LogP contribution in [0.15, 0.2) is 18.7 Å². The number of aryl methyl sites for hydroxylation is 1. The van der Waals surface area contributed by atoms with Crippen molar-refractivity contribution in [2.45, 2.75) is 44.6 Å². The summed E-state index contributed by atoms with van der Waals surface area (Å²) in [6.45, 7) is 2.64. The Morgan fingerprint density at radius 3 is 2.76 bits per heavy atom. The van der Waals surface area contributed by atoms with Gasteiger partial charge in [0.1, 0.15) is 12.1 Å². The molecule has 4 heterocycles. The number of carbonyl (C=O) groups is 1. The Balaban J connectivity index is 1.30. The zero-order valence-corrected chi connectivity index (χ0v) is 14.3. The molecule has 0 radical (unpaired) electrons. The Hall–Kier alpha value is -2.44. The smallest absolute Gasteiger partial charge is 0.227 e. The summed E-state index contributed by atoms with van der Waals surface area (Å²) in [5.41, 5.74) is 3.50. The predicted molar refractivity (Wildman–Crippen MR) is 93.7 cm³/mol. The molecule has 1 aliphatic carbocycles. The molecule has 0 saturated carbocycles. The van der Waals surface area contributed by atoms with E-state index >= 15 is 0 Å². The van der Waals surface area contributed by atoms with E-state index in [1.807, 2.05) is 22.0 Å². The quantitative estimate of drug-likeness (QED) is 0.853. The number of hydrogen-bond donors (Lipinski definition) is 0. The zero-order valence-electron chi connectivity index (χ0n) is 14.3. The van der Waals surface area contributed by atoms with Crippen LogP contribution in [0.4, 0.5) is 11.5 Å². The van der Waals surface area contributed by atoms with Gasteiger partial charge in [0.15, 0.2) is 0 Å². The van der Waals surface area contributed by atoms with Crippen molar-refractivity contribution < 1.29 is 4.79 Å². The summed E-state index contributed by atoms with van der Waals surface area (Å²) in [6.07, 6.45) is 11.8. The Morgan fingerprint density at radius 1 is 1.04 bits per heavy atom. The minimum Gasteiger partial charge on any atom is -0.352 e. The topological polar surface area (TPSA) is 67.2 Å². The maximum Gasteiger partial charge on any atom is 0.227 e.